The maximum atomic E-state index is 5.90. The minimum Gasteiger partial charge on any atom is -0.381 e. The van der Waals surface area contributed by atoms with Crippen LogP contribution in [0.1, 0.15) is 5.69 Å². The number of hydrogen-bond acceptors (Lipinski definition) is 4. The number of aromatic nitrogens is 5. The van der Waals surface area contributed by atoms with Crippen molar-refractivity contribution in [3.05, 3.63) is 41.4 Å². The van der Waals surface area contributed by atoms with Crippen molar-refractivity contribution in [3.8, 4) is 0 Å². The molecule has 3 rings (SSSR count). The molecular formula is C10H9ClN6. The topological polar surface area (TPSA) is 74.0 Å². The molecule has 0 aromatic carbocycles. The number of nitrogen functional groups attached to an aromatic ring is 1. The third kappa shape index (κ3) is 1.94. The summed E-state index contributed by atoms with van der Waals surface area (Å²) in [7, 11) is 0. The van der Waals surface area contributed by atoms with Crippen LogP contribution in [0.2, 0.25) is 5.02 Å². The molecule has 2 N–H and O–H groups in total. The van der Waals surface area contributed by atoms with Crippen LogP contribution in [-0.2, 0) is 6.54 Å². The van der Waals surface area contributed by atoms with Crippen molar-refractivity contribution in [2.24, 2.45) is 0 Å². The van der Waals surface area contributed by atoms with E-state index in [2.05, 4.69) is 15.3 Å². The van der Waals surface area contributed by atoms with Gasteiger partial charge in [-0.3, -0.25) is 0 Å². The van der Waals surface area contributed by atoms with Crippen LogP contribution < -0.4 is 5.73 Å². The summed E-state index contributed by atoms with van der Waals surface area (Å²) in [5.74, 6) is 0.400. The fourth-order valence-electron chi connectivity index (χ4n) is 1.65. The number of fused-ring (bicyclic) bond motifs is 1. The van der Waals surface area contributed by atoms with Crippen molar-refractivity contribution >= 4 is 23.1 Å². The lowest BCUT2D eigenvalue weighted by atomic mass is 10.5. The van der Waals surface area contributed by atoms with Crippen LogP contribution in [0.3, 0.4) is 0 Å². The van der Waals surface area contributed by atoms with E-state index in [-0.39, 0.29) is 0 Å². The van der Waals surface area contributed by atoms with Crippen LogP contribution in [-0.4, -0.2) is 24.4 Å². The van der Waals surface area contributed by atoms with Gasteiger partial charge in [0.2, 0.25) is 0 Å². The fourth-order valence-corrected chi connectivity index (χ4v) is 1.82. The molecule has 0 aliphatic rings. The number of anilines is 1. The first kappa shape index (κ1) is 10.1. The van der Waals surface area contributed by atoms with E-state index in [9.17, 15) is 0 Å². The van der Waals surface area contributed by atoms with Gasteiger partial charge >= 0.3 is 0 Å². The molecule has 0 saturated heterocycles. The summed E-state index contributed by atoms with van der Waals surface area (Å²) in [5.41, 5.74) is 7.21. The lowest BCUT2D eigenvalue weighted by Crippen LogP contribution is -2.00. The van der Waals surface area contributed by atoms with Gasteiger partial charge in [0.25, 0.3) is 0 Å². The normalized spacial score (nSPS) is 11.1. The number of halogens is 1. The minimum atomic E-state index is 0.400. The smallest absolute Gasteiger partial charge is 0.165 e. The highest BCUT2D eigenvalue weighted by Gasteiger charge is 2.04. The molecule has 0 atom stereocenters. The minimum absolute atomic E-state index is 0.400. The standard InChI is InChI=1S/C10H9ClN6/c11-7-1-2-10-13-8(4-16(10)3-7)5-17-6-9(12)14-15-17/h1-4,6H,5,12H2. The van der Waals surface area contributed by atoms with E-state index < -0.39 is 0 Å². The summed E-state index contributed by atoms with van der Waals surface area (Å²) in [6.45, 7) is 0.531. The van der Waals surface area contributed by atoms with E-state index in [1.165, 1.54) is 0 Å². The third-order valence-electron chi connectivity index (χ3n) is 2.35. The zero-order valence-electron chi connectivity index (χ0n) is 8.79. The number of rotatable bonds is 2. The van der Waals surface area contributed by atoms with Gasteiger partial charge in [-0.05, 0) is 12.1 Å². The SMILES string of the molecule is Nc1cn(Cc2cn3cc(Cl)ccc3n2)nn1. The molecular weight excluding hydrogens is 240 g/mol. The highest BCUT2D eigenvalue weighted by atomic mass is 35.5. The molecule has 0 amide bonds. The van der Waals surface area contributed by atoms with Gasteiger partial charge in [-0.1, -0.05) is 16.8 Å². The van der Waals surface area contributed by atoms with E-state index in [0.29, 0.717) is 17.4 Å². The van der Waals surface area contributed by atoms with E-state index >= 15 is 0 Å². The Hall–Kier alpha value is -2.08. The monoisotopic (exact) mass is 248 g/mol. The quantitative estimate of drug-likeness (QED) is 0.740. The van der Waals surface area contributed by atoms with E-state index in [0.717, 1.165) is 11.3 Å². The van der Waals surface area contributed by atoms with Gasteiger partial charge in [-0.25, -0.2) is 9.67 Å². The average Bonchev–Trinajstić information content (AvgIpc) is 2.84. The van der Waals surface area contributed by atoms with Gasteiger partial charge in [0.05, 0.1) is 23.5 Å². The molecule has 3 aromatic heterocycles. The van der Waals surface area contributed by atoms with Gasteiger partial charge < -0.3 is 10.1 Å². The maximum absolute atomic E-state index is 5.90. The summed E-state index contributed by atoms with van der Waals surface area (Å²) in [5, 5.41) is 8.25. The Morgan fingerprint density at radius 1 is 1.24 bits per heavy atom. The average molecular weight is 249 g/mol. The maximum Gasteiger partial charge on any atom is 0.165 e. The van der Waals surface area contributed by atoms with Gasteiger partial charge in [0.1, 0.15) is 5.65 Å². The van der Waals surface area contributed by atoms with Crippen molar-refractivity contribution in [1.29, 1.82) is 0 Å². The molecule has 3 aromatic rings. The Morgan fingerprint density at radius 3 is 2.88 bits per heavy atom. The van der Waals surface area contributed by atoms with Crippen molar-refractivity contribution in [2.75, 3.05) is 5.73 Å². The highest BCUT2D eigenvalue weighted by molar-refractivity contribution is 6.30. The van der Waals surface area contributed by atoms with E-state index in [1.54, 1.807) is 16.9 Å². The molecule has 0 fully saturated rings. The van der Waals surface area contributed by atoms with Crippen molar-refractivity contribution < 1.29 is 0 Å². The molecule has 0 saturated carbocycles. The second kappa shape index (κ2) is 3.74. The zero-order valence-corrected chi connectivity index (χ0v) is 9.54. The number of pyridine rings is 1. The lowest BCUT2D eigenvalue weighted by molar-refractivity contribution is 0.641. The van der Waals surface area contributed by atoms with Gasteiger partial charge in [0.15, 0.2) is 5.82 Å². The van der Waals surface area contributed by atoms with Crippen LogP contribution in [0.4, 0.5) is 5.82 Å². The van der Waals surface area contributed by atoms with Gasteiger partial charge in [-0.2, -0.15) is 0 Å². The van der Waals surface area contributed by atoms with Crippen LogP contribution in [0.15, 0.2) is 30.7 Å². The predicted molar refractivity (Wildman–Crippen MR) is 63.7 cm³/mol. The van der Waals surface area contributed by atoms with Gasteiger partial charge in [0, 0.05) is 12.4 Å². The molecule has 0 spiro atoms. The molecule has 17 heavy (non-hydrogen) atoms. The van der Waals surface area contributed by atoms with Crippen LogP contribution in [0.25, 0.3) is 5.65 Å². The number of nitrogens with zero attached hydrogens (tertiary/aromatic N) is 5. The molecule has 3 heterocycles. The summed E-state index contributed by atoms with van der Waals surface area (Å²) >= 11 is 5.90. The Bertz CT molecular complexity index is 670. The summed E-state index contributed by atoms with van der Waals surface area (Å²) in [6, 6.07) is 3.67. The fraction of sp³-hybridized carbons (Fsp3) is 0.100. The number of hydrogen-bond donors (Lipinski definition) is 1. The molecule has 7 heteroatoms. The van der Waals surface area contributed by atoms with Crippen LogP contribution in [0, 0.1) is 0 Å². The first-order valence-corrected chi connectivity index (χ1v) is 5.37. The first-order valence-electron chi connectivity index (χ1n) is 4.99. The molecule has 0 unspecified atom stereocenters. The Morgan fingerprint density at radius 2 is 2.12 bits per heavy atom. The van der Waals surface area contributed by atoms with Crippen molar-refractivity contribution in [3.63, 3.8) is 0 Å². The molecule has 6 nitrogen and oxygen atoms in total. The number of nitrogens with two attached hydrogens (primary N) is 1. The second-order valence-corrected chi connectivity index (χ2v) is 4.12. The van der Waals surface area contributed by atoms with Crippen molar-refractivity contribution in [1.82, 2.24) is 24.4 Å². The van der Waals surface area contributed by atoms with Crippen molar-refractivity contribution in [2.45, 2.75) is 6.54 Å². The largest absolute Gasteiger partial charge is 0.381 e. The van der Waals surface area contributed by atoms with Crippen LogP contribution in [0.5, 0.6) is 0 Å². The predicted octanol–water partition coefficient (Wildman–Crippen LogP) is 1.21. The van der Waals surface area contributed by atoms with Crippen LogP contribution >= 0.6 is 11.6 Å². The Kier molecular flexibility index (Phi) is 2.22. The number of imidazole rings is 1. The summed E-state index contributed by atoms with van der Waals surface area (Å²) in [4.78, 5) is 4.43. The summed E-state index contributed by atoms with van der Waals surface area (Å²) in [6.07, 6.45) is 5.37. The third-order valence-corrected chi connectivity index (χ3v) is 2.57. The zero-order chi connectivity index (χ0) is 11.8. The Labute approximate surface area is 102 Å². The highest BCUT2D eigenvalue weighted by Crippen LogP contribution is 2.12. The molecule has 86 valence electrons. The molecule has 0 radical (unpaired) electrons. The molecule has 0 aliphatic heterocycles. The first-order chi connectivity index (χ1) is 8.20. The molecule has 0 aliphatic carbocycles. The summed E-state index contributed by atoms with van der Waals surface area (Å²) < 4.78 is 3.51. The van der Waals surface area contributed by atoms with E-state index in [1.807, 2.05) is 22.9 Å². The van der Waals surface area contributed by atoms with E-state index in [4.69, 9.17) is 17.3 Å². The second-order valence-electron chi connectivity index (χ2n) is 3.69. The Balaban J connectivity index is 1.95. The molecule has 0 bridgehead atoms. The van der Waals surface area contributed by atoms with Gasteiger partial charge in [-0.15, -0.1) is 5.10 Å². The lowest BCUT2D eigenvalue weighted by Gasteiger charge is -1.93.